The Kier molecular flexibility index (Phi) is 23.0. The van der Waals surface area contributed by atoms with Crippen LogP contribution in [-0.4, -0.2) is 31.3 Å². The summed E-state index contributed by atoms with van der Waals surface area (Å²) in [7, 11) is 0. The van der Waals surface area contributed by atoms with E-state index in [-0.39, 0.29) is 11.9 Å². The summed E-state index contributed by atoms with van der Waals surface area (Å²) in [5.41, 5.74) is 0. The number of esters is 1. The van der Waals surface area contributed by atoms with Crippen molar-refractivity contribution in [2.24, 2.45) is 5.92 Å². The fourth-order valence-electron chi connectivity index (χ4n) is 3.88. The van der Waals surface area contributed by atoms with E-state index in [0.29, 0.717) is 13.2 Å². The number of rotatable bonds is 23. The molecule has 1 unspecified atom stereocenters. The summed E-state index contributed by atoms with van der Waals surface area (Å²) >= 11 is 0. The van der Waals surface area contributed by atoms with Gasteiger partial charge in [0.15, 0.2) is 0 Å². The van der Waals surface area contributed by atoms with E-state index in [1.54, 1.807) is 0 Å². The summed E-state index contributed by atoms with van der Waals surface area (Å²) in [5.74, 6) is -0.334. The molecule has 0 heterocycles. The van der Waals surface area contributed by atoms with E-state index in [1.807, 2.05) is 20.8 Å². The molecule has 0 aliphatic heterocycles. The minimum absolute atomic E-state index is 0.0114. The lowest BCUT2D eigenvalue weighted by Crippen LogP contribution is -2.46. The van der Waals surface area contributed by atoms with Crippen LogP contribution in [-0.2, 0) is 14.3 Å². The minimum atomic E-state index is -0.638. The van der Waals surface area contributed by atoms with Crippen molar-refractivity contribution < 1.29 is 19.1 Å². The predicted molar refractivity (Wildman–Crippen MR) is 139 cm³/mol. The van der Waals surface area contributed by atoms with Crippen LogP contribution in [0.15, 0.2) is 0 Å². The van der Waals surface area contributed by atoms with Crippen molar-refractivity contribution in [2.75, 3.05) is 13.2 Å². The lowest BCUT2D eigenvalue weighted by atomic mass is 9.99. The van der Waals surface area contributed by atoms with Gasteiger partial charge < -0.3 is 14.8 Å². The Morgan fingerprint density at radius 1 is 0.606 bits per heavy atom. The fourth-order valence-corrected chi connectivity index (χ4v) is 3.88. The Labute approximate surface area is 205 Å². The van der Waals surface area contributed by atoms with Crippen molar-refractivity contribution in [3.8, 4) is 0 Å². The molecule has 0 saturated heterocycles. The molecule has 0 rings (SSSR count). The lowest BCUT2D eigenvalue weighted by Gasteiger charge is -2.22. The van der Waals surface area contributed by atoms with Crippen molar-refractivity contribution in [1.82, 2.24) is 5.32 Å². The van der Waals surface area contributed by atoms with Gasteiger partial charge in [-0.15, -0.1) is 0 Å². The number of unbranched alkanes of at least 4 members (excludes halogenated alkanes) is 15. The third kappa shape index (κ3) is 19.9. The number of alkyl carbamates (subject to hydrolysis) is 1. The van der Waals surface area contributed by atoms with Gasteiger partial charge in [-0.25, -0.2) is 9.59 Å². The topological polar surface area (TPSA) is 64.6 Å². The quantitative estimate of drug-likeness (QED) is 0.121. The standard InChI is InChI=1S/C28H55NO4/c1-5-8-10-11-12-13-14-15-16-17-18-19-20-21-22-24-32-27(30)26(25(4)7-3)29-28(31)33-23-9-6-2/h25-26H,5-24H2,1-4H3,(H,29,31)/t25?,26-/m0/s1. The molecule has 0 radical (unpaired) electrons. The minimum Gasteiger partial charge on any atom is -0.464 e. The molecule has 2 atom stereocenters. The number of hydrogen-bond donors (Lipinski definition) is 1. The van der Waals surface area contributed by atoms with Crippen LogP contribution in [0, 0.1) is 5.92 Å². The van der Waals surface area contributed by atoms with Crippen LogP contribution in [0.4, 0.5) is 4.79 Å². The summed E-state index contributed by atoms with van der Waals surface area (Å²) in [6.45, 7) is 9.07. The van der Waals surface area contributed by atoms with Crippen molar-refractivity contribution >= 4 is 12.1 Å². The van der Waals surface area contributed by atoms with Gasteiger partial charge in [-0.1, -0.05) is 130 Å². The van der Waals surface area contributed by atoms with Gasteiger partial charge in [-0.2, -0.15) is 0 Å². The zero-order chi connectivity index (χ0) is 24.6. The van der Waals surface area contributed by atoms with Gasteiger partial charge in [0.25, 0.3) is 0 Å². The molecule has 5 heteroatoms. The maximum absolute atomic E-state index is 12.5. The smallest absolute Gasteiger partial charge is 0.407 e. The number of carbonyl (C=O) groups excluding carboxylic acids is 2. The highest BCUT2D eigenvalue weighted by atomic mass is 16.6. The molecule has 1 N–H and O–H groups in total. The number of ether oxygens (including phenoxy) is 2. The van der Waals surface area contributed by atoms with E-state index in [0.717, 1.165) is 32.1 Å². The Morgan fingerprint density at radius 2 is 1.03 bits per heavy atom. The van der Waals surface area contributed by atoms with E-state index in [2.05, 4.69) is 12.2 Å². The fraction of sp³-hybridized carbons (Fsp3) is 0.929. The van der Waals surface area contributed by atoms with Crippen molar-refractivity contribution in [3.63, 3.8) is 0 Å². The van der Waals surface area contributed by atoms with Crippen LogP contribution in [0.5, 0.6) is 0 Å². The molecule has 0 aromatic rings. The number of amides is 1. The zero-order valence-corrected chi connectivity index (χ0v) is 22.4. The molecule has 0 bridgehead atoms. The van der Waals surface area contributed by atoms with Crippen LogP contribution in [0.3, 0.4) is 0 Å². The van der Waals surface area contributed by atoms with Gasteiger partial charge in [-0.3, -0.25) is 0 Å². The van der Waals surface area contributed by atoms with Crippen molar-refractivity contribution in [2.45, 2.75) is 149 Å². The highest BCUT2D eigenvalue weighted by Gasteiger charge is 2.27. The first-order valence-electron chi connectivity index (χ1n) is 14.2. The average molecular weight is 470 g/mol. The molecule has 0 spiro atoms. The van der Waals surface area contributed by atoms with Crippen LogP contribution < -0.4 is 5.32 Å². The molecule has 0 aromatic heterocycles. The third-order valence-electron chi connectivity index (χ3n) is 6.46. The monoisotopic (exact) mass is 469 g/mol. The molecule has 196 valence electrons. The van der Waals surface area contributed by atoms with E-state index < -0.39 is 12.1 Å². The van der Waals surface area contributed by atoms with E-state index in [1.165, 1.54) is 83.5 Å². The van der Waals surface area contributed by atoms with Gasteiger partial charge in [-0.05, 0) is 18.8 Å². The van der Waals surface area contributed by atoms with Gasteiger partial charge in [0.1, 0.15) is 6.04 Å². The molecular formula is C28H55NO4. The van der Waals surface area contributed by atoms with Crippen molar-refractivity contribution in [1.29, 1.82) is 0 Å². The SMILES string of the molecule is CCCCCCCCCCCCCCCCCOC(=O)[C@@H](NC(=O)OCCCC)C(C)CC. The molecule has 1 amide bonds. The summed E-state index contributed by atoms with van der Waals surface area (Å²) in [5, 5.41) is 2.70. The molecule has 0 fully saturated rings. The van der Waals surface area contributed by atoms with Crippen molar-refractivity contribution in [3.05, 3.63) is 0 Å². The van der Waals surface area contributed by atoms with Crippen LogP contribution in [0.25, 0.3) is 0 Å². The maximum atomic E-state index is 12.5. The Balaban J connectivity index is 3.70. The Hall–Kier alpha value is -1.26. The van der Waals surface area contributed by atoms with Crippen LogP contribution >= 0.6 is 0 Å². The Bertz CT molecular complexity index is 455. The van der Waals surface area contributed by atoms with E-state index in [9.17, 15) is 9.59 Å². The summed E-state index contributed by atoms with van der Waals surface area (Å²) < 4.78 is 10.6. The second-order valence-corrected chi connectivity index (χ2v) is 9.61. The van der Waals surface area contributed by atoms with Gasteiger partial charge in [0, 0.05) is 0 Å². The highest BCUT2D eigenvalue weighted by molar-refractivity contribution is 5.81. The Morgan fingerprint density at radius 3 is 1.48 bits per heavy atom. The van der Waals surface area contributed by atoms with E-state index in [4.69, 9.17) is 9.47 Å². The molecular weight excluding hydrogens is 414 g/mol. The third-order valence-corrected chi connectivity index (χ3v) is 6.46. The summed E-state index contributed by atoms with van der Waals surface area (Å²) in [6.07, 6.45) is 21.7. The number of nitrogens with one attached hydrogen (secondary N) is 1. The summed E-state index contributed by atoms with van der Waals surface area (Å²) in [4.78, 5) is 24.4. The average Bonchev–Trinajstić information content (AvgIpc) is 2.81. The normalized spacial score (nSPS) is 12.8. The first-order chi connectivity index (χ1) is 16.1. The van der Waals surface area contributed by atoms with Gasteiger partial charge >= 0.3 is 12.1 Å². The molecule has 5 nitrogen and oxygen atoms in total. The number of carbonyl (C=O) groups is 2. The molecule has 0 aliphatic carbocycles. The zero-order valence-electron chi connectivity index (χ0n) is 22.4. The first kappa shape index (κ1) is 31.7. The second-order valence-electron chi connectivity index (χ2n) is 9.61. The maximum Gasteiger partial charge on any atom is 0.407 e. The molecule has 0 aromatic carbocycles. The largest absolute Gasteiger partial charge is 0.464 e. The first-order valence-corrected chi connectivity index (χ1v) is 14.2. The molecule has 0 saturated carbocycles. The molecule has 0 aliphatic rings. The van der Waals surface area contributed by atoms with Gasteiger partial charge in [0.2, 0.25) is 0 Å². The lowest BCUT2D eigenvalue weighted by molar-refractivity contribution is -0.147. The highest BCUT2D eigenvalue weighted by Crippen LogP contribution is 2.14. The van der Waals surface area contributed by atoms with E-state index >= 15 is 0 Å². The van der Waals surface area contributed by atoms with Crippen LogP contribution in [0.2, 0.25) is 0 Å². The van der Waals surface area contributed by atoms with Crippen LogP contribution in [0.1, 0.15) is 143 Å². The predicted octanol–water partition coefficient (Wildman–Crippen LogP) is 8.34. The summed E-state index contributed by atoms with van der Waals surface area (Å²) in [6, 6.07) is -0.638. The number of hydrogen-bond acceptors (Lipinski definition) is 4. The second kappa shape index (κ2) is 23.9. The molecule has 33 heavy (non-hydrogen) atoms. The van der Waals surface area contributed by atoms with Gasteiger partial charge in [0.05, 0.1) is 13.2 Å².